The zero-order chi connectivity index (χ0) is 37.5. The average Bonchev–Trinajstić information content (AvgIpc) is 3.28. The number of para-hydroxylation sites is 1. The number of hydrogen-bond donors (Lipinski definition) is 0. The van der Waals surface area contributed by atoms with Gasteiger partial charge in [-0.3, -0.25) is 0 Å². The lowest BCUT2D eigenvalue weighted by Crippen LogP contribution is -2.34. The molecule has 9 aromatic rings. The van der Waals surface area contributed by atoms with Gasteiger partial charge < -0.3 is 4.74 Å². The molecule has 262 valence electrons. The maximum Gasteiger partial charge on any atom is 0.164 e. The Hall–Kier alpha value is -7.68. The van der Waals surface area contributed by atoms with Crippen LogP contribution in [-0.2, 0) is 5.41 Å². The minimum absolute atomic E-state index is 0.548. The Morgan fingerprint density at radius 2 is 0.929 bits per heavy atom. The molecule has 0 bridgehead atoms. The van der Waals surface area contributed by atoms with Crippen LogP contribution in [0.5, 0.6) is 11.5 Å². The Morgan fingerprint density at radius 1 is 0.411 bits per heavy atom. The first-order valence-electron chi connectivity index (χ1n) is 18.6. The smallest absolute Gasteiger partial charge is 0.164 e. The van der Waals surface area contributed by atoms with Crippen LogP contribution in [0.3, 0.4) is 0 Å². The van der Waals surface area contributed by atoms with Gasteiger partial charge in [0.05, 0.1) is 17.0 Å². The van der Waals surface area contributed by atoms with Crippen molar-refractivity contribution in [1.82, 2.24) is 15.0 Å². The minimum atomic E-state index is -0.604. The summed E-state index contributed by atoms with van der Waals surface area (Å²) in [6.07, 6.45) is 0. The fraction of sp³-hybridized carbons (Fsp3) is 0.0196. The Bertz CT molecular complexity index is 2900. The molecule has 0 saturated carbocycles. The summed E-state index contributed by atoms with van der Waals surface area (Å²) in [7, 11) is 0. The molecular formula is C51H32N4O. The van der Waals surface area contributed by atoms with Crippen LogP contribution in [0.15, 0.2) is 194 Å². The number of fused-ring (bicyclic) bond motifs is 3. The number of nitrogens with zero attached hydrogens (tertiary/aromatic N) is 4. The summed E-state index contributed by atoms with van der Waals surface area (Å²) in [4.78, 5) is 15.0. The Kier molecular flexibility index (Phi) is 8.01. The highest BCUT2D eigenvalue weighted by Gasteiger charge is 2.45. The predicted molar refractivity (Wildman–Crippen MR) is 222 cm³/mol. The van der Waals surface area contributed by atoms with Crippen molar-refractivity contribution < 1.29 is 4.74 Å². The van der Waals surface area contributed by atoms with Crippen molar-refractivity contribution >= 4 is 10.8 Å². The number of rotatable bonds is 6. The molecule has 1 aliphatic rings. The van der Waals surface area contributed by atoms with E-state index in [1.807, 2.05) is 72.8 Å². The maximum absolute atomic E-state index is 9.82. The zero-order valence-electron chi connectivity index (χ0n) is 30.2. The average molecular weight is 717 g/mol. The van der Waals surface area contributed by atoms with E-state index in [0.29, 0.717) is 23.0 Å². The highest BCUT2D eigenvalue weighted by atomic mass is 16.5. The van der Waals surface area contributed by atoms with Crippen LogP contribution in [0.4, 0.5) is 0 Å². The Labute approximate surface area is 324 Å². The van der Waals surface area contributed by atoms with E-state index in [1.54, 1.807) is 0 Å². The van der Waals surface area contributed by atoms with Gasteiger partial charge in [-0.2, -0.15) is 5.26 Å². The molecule has 10 rings (SSSR count). The van der Waals surface area contributed by atoms with Crippen molar-refractivity contribution in [3.05, 3.63) is 222 Å². The van der Waals surface area contributed by atoms with Crippen molar-refractivity contribution in [2.24, 2.45) is 0 Å². The second-order valence-corrected chi connectivity index (χ2v) is 13.9. The molecule has 1 aromatic heterocycles. The number of ether oxygens (including phenoxy) is 1. The van der Waals surface area contributed by atoms with E-state index in [9.17, 15) is 5.26 Å². The summed E-state index contributed by atoms with van der Waals surface area (Å²) >= 11 is 0. The van der Waals surface area contributed by atoms with Gasteiger partial charge in [-0.05, 0) is 58.0 Å². The molecule has 2 heterocycles. The molecule has 0 spiro atoms. The van der Waals surface area contributed by atoms with E-state index in [2.05, 4.69) is 127 Å². The molecule has 0 N–H and O–H groups in total. The molecule has 1 aliphatic heterocycles. The first-order valence-corrected chi connectivity index (χ1v) is 18.6. The first-order chi connectivity index (χ1) is 27.7. The monoisotopic (exact) mass is 716 g/mol. The molecule has 5 heteroatoms. The lowest BCUT2D eigenvalue weighted by molar-refractivity contribution is 0.434. The zero-order valence-corrected chi connectivity index (χ0v) is 30.2. The van der Waals surface area contributed by atoms with E-state index < -0.39 is 5.41 Å². The van der Waals surface area contributed by atoms with E-state index in [-0.39, 0.29) is 0 Å². The van der Waals surface area contributed by atoms with Crippen LogP contribution in [0, 0.1) is 11.3 Å². The van der Waals surface area contributed by atoms with Crippen LogP contribution in [0.2, 0.25) is 0 Å². The number of hydrogen-bond acceptors (Lipinski definition) is 5. The summed E-state index contributed by atoms with van der Waals surface area (Å²) in [6.45, 7) is 0. The van der Waals surface area contributed by atoms with Crippen molar-refractivity contribution in [1.29, 1.82) is 5.26 Å². The summed E-state index contributed by atoms with van der Waals surface area (Å²) in [5, 5.41) is 11.6. The van der Waals surface area contributed by atoms with Gasteiger partial charge in [0.2, 0.25) is 0 Å². The molecule has 0 aliphatic carbocycles. The van der Waals surface area contributed by atoms with Crippen molar-refractivity contribution in [3.8, 4) is 62.9 Å². The largest absolute Gasteiger partial charge is 0.457 e. The summed E-state index contributed by atoms with van der Waals surface area (Å²) in [6, 6.07) is 68.7. The molecule has 56 heavy (non-hydrogen) atoms. The van der Waals surface area contributed by atoms with Crippen LogP contribution >= 0.6 is 0 Å². The van der Waals surface area contributed by atoms with Gasteiger partial charge in [-0.1, -0.05) is 164 Å². The third-order valence-electron chi connectivity index (χ3n) is 10.7. The van der Waals surface area contributed by atoms with Gasteiger partial charge in [-0.25, -0.2) is 15.0 Å². The van der Waals surface area contributed by atoms with Gasteiger partial charge in [0.15, 0.2) is 17.5 Å². The molecule has 5 nitrogen and oxygen atoms in total. The normalized spacial score (nSPS) is 12.6. The lowest BCUT2D eigenvalue weighted by atomic mass is 9.63. The minimum Gasteiger partial charge on any atom is -0.457 e. The van der Waals surface area contributed by atoms with Crippen molar-refractivity contribution in [2.75, 3.05) is 0 Å². The van der Waals surface area contributed by atoms with Gasteiger partial charge in [-0.15, -0.1) is 0 Å². The standard InChI is InChI=1S/C51H32N4O/c52-33-38-28-30-43(42-21-11-10-20-41(38)42)50-54-48(35-14-4-1-5-15-35)53-49(55-50)36-26-24-34(25-27-36)37-29-31-47-45(32-37)51(39-16-6-2-7-17-39,40-18-8-3-9-19-40)44-22-12-13-23-46(44)56-47/h1-32H. The lowest BCUT2D eigenvalue weighted by Gasteiger charge is -2.41. The van der Waals surface area contributed by atoms with Crippen molar-refractivity contribution in [2.45, 2.75) is 5.41 Å². The summed E-state index contributed by atoms with van der Waals surface area (Å²) < 4.78 is 6.64. The van der Waals surface area contributed by atoms with Crippen LogP contribution in [0.1, 0.15) is 27.8 Å². The number of aromatic nitrogens is 3. The van der Waals surface area contributed by atoms with E-state index >= 15 is 0 Å². The number of benzene rings is 8. The Morgan fingerprint density at radius 3 is 1.61 bits per heavy atom. The van der Waals surface area contributed by atoms with Gasteiger partial charge in [0.25, 0.3) is 0 Å². The quantitative estimate of drug-likeness (QED) is 0.171. The van der Waals surface area contributed by atoms with Gasteiger partial charge >= 0.3 is 0 Å². The van der Waals surface area contributed by atoms with Gasteiger partial charge in [0.1, 0.15) is 11.5 Å². The molecular weight excluding hydrogens is 685 g/mol. The van der Waals surface area contributed by atoms with Crippen LogP contribution in [0.25, 0.3) is 56.1 Å². The maximum atomic E-state index is 9.82. The van der Waals surface area contributed by atoms with E-state index in [0.717, 1.165) is 61.2 Å². The Balaban J connectivity index is 1.11. The van der Waals surface area contributed by atoms with E-state index in [1.165, 1.54) is 11.1 Å². The molecule has 0 unspecified atom stereocenters. The summed E-state index contributed by atoms with van der Waals surface area (Å²) in [5.41, 5.74) is 9.27. The van der Waals surface area contributed by atoms with E-state index in [4.69, 9.17) is 19.7 Å². The predicted octanol–water partition coefficient (Wildman–Crippen LogP) is 12.1. The molecule has 0 saturated heterocycles. The fourth-order valence-electron chi connectivity index (χ4n) is 8.13. The third kappa shape index (κ3) is 5.43. The second-order valence-electron chi connectivity index (χ2n) is 13.9. The fourth-order valence-corrected chi connectivity index (χ4v) is 8.13. The van der Waals surface area contributed by atoms with Gasteiger partial charge in [0, 0.05) is 33.2 Å². The molecule has 0 atom stereocenters. The first kappa shape index (κ1) is 32.9. The highest BCUT2D eigenvalue weighted by Crippen LogP contribution is 2.55. The number of nitriles is 1. The SMILES string of the molecule is N#Cc1ccc(-c2nc(-c3ccccc3)nc(-c3ccc(-c4ccc5c(c4)C(c4ccccc4)(c4ccccc4)c4ccccc4O5)cc3)n2)c2ccccc12. The van der Waals surface area contributed by atoms with Crippen LogP contribution in [-0.4, -0.2) is 15.0 Å². The third-order valence-corrected chi connectivity index (χ3v) is 10.7. The molecule has 0 fully saturated rings. The molecule has 0 amide bonds. The van der Waals surface area contributed by atoms with Crippen LogP contribution < -0.4 is 4.74 Å². The topological polar surface area (TPSA) is 71.7 Å². The highest BCUT2D eigenvalue weighted by molar-refractivity contribution is 5.98. The summed E-state index contributed by atoms with van der Waals surface area (Å²) in [5.74, 6) is 3.38. The molecule has 8 aromatic carbocycles. The second kappa shape index (κ2) is 13.6. The van der Waals surface area contributed by atoms with Crippen molar-refractivity contribution in [3.63, 3.8) is 0 Å². The molecule has 0 radical (unpaired) electrons.